The molecular weight excluding hydrogens is 1030 g/mol. The van der Waals surface area contributed by atoms with Gasteiger partial charge in [-0.3, -0.25) is 13.7 Å². The second-order valence-electron chi connectivity index (χ2n) is 20.3. The zero-order valence-corrected chi connectivity index (χ0v) is 45.9. The van der Waals surface area contributed by atoms with E-state index in [2.05, 4.69) is 82.9 Å². The van der Waals surface area contributed by atoms with Crippen LogP contribution in [0.25, 0.3) is 21.5 Å². The monoisotopic (exact) mass is 1090 g/mol. The first kappa shape index (κ1) is 55.2. The molecule has 2 unspecified atom stereocenters. The van der Waals surface area contributed by atoms with Gasteiger partial charge in [0.25, 0.3) is 30.4 Å². The largest absolute Gasteiger partial charge is 0.480 e. The van der Waals surface area contributed by atoms with Crippen molar-refractivity contribution in [3.05, 3.63) is 131 Å². The Labute approximate surface area is 438 Å². The number of piperazine rings is 1. The molecule has 21 heteroatoms. The molecule has 4 N–H and O–H groups in total. The van der Waals surface area contributed by atoms with Crippen LogP contribution >= 0.6 is 12.0 Å². The van der Waals surface area contributed by atoms with Gasteiger partial charge in [0, 0.05) is 62.7 Å². The molecule has 8 rings (SSSR count). The van der Waals surface area contributed by atoms with E-state index in [1.807, 2.05) is 43.3 Å². The lowest BCUT2D eigenvalue weighted by atomic mass is 9.81. The normalized spacial score (nSPS) is 20.9. The first-order chi connectivity index (χ1) is 34.8. The van der Waals surface area contributed by atoms with Crippen LogP contribution in [0.5, 0.6) is 0 Å². The molecule has 17 nitrogen and oxygen atoms in total. The molecule has 74 heavy (non-hydrogen) atoms. The van der Waals surface area contributed by atoms with Gasteiger partial charge < -0.3 is 19.4 Å². The quantitative estimate of drug-likeness (QED) is 0.0193. The maximum Gasteiger partial charge on any atom is 0.294 e. The molecule has 0 spiro atoms. The van der Waals surface area contributed by atoms with Crippen molar-refractivity contribution in [2.75, 3.05) is 55.7 Å². The first-order valence-corrected chi connectivity index (χ1v) is 29.7. The average Bonchev–Trinajstić information content (AvgIpc) is 3.92. The second kappa shape index (κ2) is 21.2. The number of anilines is 2. The molecule has 2 atom stereocenters. The van der Waals surface area contributed by atoms with Gasteiger partial charge in [0.05, 0.1) is 47.1 Å². The highest BCUT2D eigenvalue weighted by atomic mass is 32.2. The van der Waals surface area contributed by atoms with Crippen LogP contribution in [0, 0.1) is 0 Å². The Morgan fingerprint density at radius 3 is 1.68 bits per heavy atom. The molecule has 3 aliphatic heterocycles. The van der Waals surface area contributed by atoms with Crippen LogP contribution in [0.1, 0.15) is 85.3 Å². The maximum absolute atomic E-state index is 12.3. The highest BCUT2D eigenvalue weighted by Gasteiger charge is 2.44. The van der Waals surface area contributed by atoms with Crippen LogP contribution in [-0.2, 0) is 55.3 Å². The Hall–Kier alpha value is -5.07. The van der Waals surface area contributed by atoms with Gasteiger partial charge in [0.1, 0.15) is 0 Å². The number of ether oxygens (including phenoxy) is 1. The first-order valence-electron chi connectivity index (χ1n) is 24.5. The zero-order valence-electron chi connectivity index (χ0n) is 42.6. The molecule has 4 aromatic rings. The smallest absolute Gasteiger partial charge is 0.294 e. The van der Waals surface area contributed by atoms with E-state index in [1.165, 1.54) is 26.0 Å². The van der Waals surface area contributed by atoms with Gasteiger partial charge in [-0.1, -0.05) is 69.2 Å². The molecular formula is C53H65N4O13S4+. The highest BCUT2D eigenvalue weighted by Crippen LogP contribution is 2.53. The fraction of sp³-hybridized carbons (Fsp3) is 0.415. The molecule has 2 fully saturated rings. The number of hydrogen-bond acceptors (Lipinski definition) is 14. The van der Waals surface area contributed by atoms with Gasteiger partial charge in [-0.2, -0.15) is 25.3 Å². The van der Waals surface area contributed by atoms with Crippen molar-refractivity contribution in [2.45, 2.75) is 105 Å². The third kappa shape index (κ3) is 11.0. The van der Waals surface area contributed by atoms with Crippen molar-refractivity contribution in [1.82, 2.24) is 4.90 Å². The number of fused-ring (bicyclic) bond motifs is 6. The molecule has 0 bridgehead atoms. The summed E-state index contributed by atoms with van der Waals surface area (Å²) < 4.78 is 116. The Balaban J connectivity index is 1.25. The predicted octanol–water partition coefficient (Wildman–Crippen LogP) is 9.59. The fourth-order valence-corrected chi connectivity index (χ4v) is 12.8. The van der Waals surface area contributed by atoms with Crippen LogP contribution < -0.4 is 9.80 Å². The van der Waals surface area contributed by atoms with Crippen molar-refractivity contribution >= 4 is 81.0 Å². The lowest BCUT2D eigenvalue weighted by molar-refractivity contribution is -0.538. The number of nitrogens with zero attached hydrogens (tertiary/aromatic N) is 4. The third-order valence-corrected chi connectivity index (χ3v) is 19.0. The fourth-order valence-electron chi connectivity index (χ4n) is 11.1. The Bertz CT molecular complexity index is 3410. The lowest BCUT2D eigenvalue weighted by Gasteiger charge is -2.29. The summed E-state index contributed by atoms with van der Waals surface area (Å²) in [5.41, 5.74) is 7.49. The van der Waals surface area contributed by atoms with Gasteiger partial charge in [0.2, 0.25) is 5.71 Å². The Morgan fingerprint density at radius 2 is 1.22 bits per heavy atom. The summed E-state index contributed by atoms with van der Waals surface area (Å²) in [6, 6.07) is 18.0. The molecule has 3 heterocycles. The van der Waals surface area contributed by atoms with E-state index < -0.39 is 51.7 Å². The second-order valence-corrected chi connectivity index (χ2v) is 26.2. The van der Waals surface area contributed by atoms with Crippen LogP contribution in [-0.4, -0.2) is 116 Å². The highest BCUT2D eigenvalue weighted by molar-refractivity contribution is 7.94. The van der Waals surface area contributed by atoms with Gasteiger partial charge in [-0.05, 0) is 134 Å². The molecule has 0 radical (unpaired) electrons. The molecule has 1 aliphatic carbocycles. The molecule has 4 aliphatic rings. The summed E-state index contributed by atoms with van der Waals surface area (Å²) in [7, 11) is -13.1. The van der Waals surface area contributed by atoms with Gasteiger partial charge in [-0.15, -0.1) is 4.33 Å². The Morgan fingerprint density at radius 1 is 0.730 bits per heavy atom. The summed E-state index contributed by atoms with van der Waals surface area (Å²) in [6.07, 6.45) is 10.2. The minimum atomic E-state index is -4.47. The molecule has 4 aromatic carbocycles. The number of allylic oxidation sites excluding steroid dienone is 8. The molecule has 0 amide bonds. The van der Waals surface area contributed by atoms with Crippen molar-refractivity contribution in [3.8, 4) is 0 Å². The van der Waals surface area contributed by atoms with E-state index in [9.17, 15) is 38.9 Å². The van der Waals surface area contributed by atoms with E-state index in [0.717, 1.165) is 79.0 Å². The summed E-state index contributed by atoms with van der Waals surface area (Å²) in [6.45, 7) is 21.3. The summed E-state index contributed by atoms with van der Waals surface area (Å²) in [5, 5.41) is 13.9. The maximum atomic E-state index is 12.3. The third-order valence-electron chi connectivity index (χ3n) is 15.0. The van der Waals surface area contributed by atoms with E-state index >= 15 is 0 Å². The average molecular weight is 1090 g/mol. The van der Waals surface area contributed by atoms with Gasteiger partial charge >= 0.3 is 0 Å². The molecule has 0 aromatic heterocycles. The van der Waals surface area contributed by atoms with Crippen LogP contribution in [0.4, 0.5) is 11.4 Å². The van der Waals surface area contributed by atoms with Crippen LogP contribution in [0.2, 0.25) is 0 Å². The zero-order chi connectivity index (χ0) is 53.7. The lowest BCUT2D eigenvalue weighted by Crippen LogP contribution is -2.43. The molecule has 1 saturated heterocycles. The number of hydrogen-bond donors (Lipinski definition) is 4. The van der Waals surface area contributed by atoms with Gasteiger partial charge in [-0.25, -0.2) is 9.83 Å². The number of benzene rings is 4. The van der Waals surface area contributed by atoms with Crippen LogP contribution in [0.3, 0.4) is 0 Å². The summed E-state index contributed by atoms with van der Waals surface area (Å²) in [4.78, 5) is 6.85. The topological polar surface area (TPSA) is 224 Å². The minimum Gasteiger partial charge on any atom is -0.480 e. The summed E-state index contributed by atoms with van der Waals surface area (Å²) in [5.74, 6) is 0.624. The molecule has 398 valence electrons. The SMILES string of the molecule is C=C(OCC)N1CC[N+](=C2/C(=C/C=C3/N(CCC(C)S(=O)(=O)O)c4ccc5cc(SOOO)ccc5c4C3(C)C)CC/C2=C\C=C2\N(CCC(C)S(=O)(=O)O)c3ccc4cc(S(=O)(=O)O)ccc4c3C2(C)C)CC1. The minimum absolute atomic E-state index is 0.120. The van der Waals surface area contributed by atoms with Gasteiger partial charge in [0.15, 0.2) is 19.0 Å². The van der Waals surface area contributed by atoms with Crippen molar-refractivity contribution in [2.24, 2.45) is 0 Å². The standard InChI is InChI=1S/C53H64N4O13S4/c1-9-68-36(4)54-28-30-55(31-29-54)51-37(14-22-47-52(5,6)49-43-18-16-41(71-70-69-58)32-39(43)12-20-45(49)56(47)26-24-34(2)72(59,60)61)10-11-38(51)15-23-48-53(7,8)50-44-19-17-42(74(65,66)67)33-40(44)13-21-46(50)57(48)27-25-35(3)73(62,63)64/h12-23,32-35H,4,9-11,24-31H2,1-3,5-8H3,(H3-,58,59,60,61,62,63,64,65,66,67)/p+1. The van der Waals surface area contributed by atoms with Crippen molar-refractivity contribution in [3.63, 3.8) is 0 Å². The van der Waals surface area contributed by atoms with E-state index in [4.69, 9.17) is 14.3 Å². The Kier molecular flexibility index (Phi) is 15.8. The van der Waals surface area contributed by atoms with E-state index in [1.54, 1.807) is 12.1 Å². The van der Waals surface area contributed by atoms with Crippen molar-refractivity contribution in [1.29, 1.82) is 0 Å². The predicted molar refractivity (Wildman–Crippen MR) is 289 cm³/mol. The number of rotatable bonds is 17. The summed E-state index contributed by atoms with van der Waals surface area (Å²) >= 11 is 0.869. The van der Waals surface area contributed by atoms with E-state index in [-0.39, 0.29) is 24.3 Å². The molecule has 1 saturated carbocycles. The van der Waals surface area contributed by atoms with Crippen molar-refractivity contribution < 1.29 is 62.9 Å². The van der Waals surface area contributed by atoms with Crippen LogP contribution in [0.15, 0.2) is 130 Å². The van der Waals surface area contributed by atoms with E-state index in [0.29, 0.717) is 68.3 Å².